The van der Waals surface area contributed by atoms with Crippen LogP contribution in [-0.2, 0) is 4.74 Å². The molecule has 0 bridgehead atoms. The van der Waals surface area contributed by atoms with Crippen LogP contribution < -0.4 is 0 Å². The molecule has 0 unspecified atom stereocenters. The van der Waals surface area contributed by atoms with Crippen LogP contribution in [0.25, 0.3) is 0 Å². The molecule has 0 radical (unpaired) electrons. The zero-order valence-electron chi connectivity index (χ0n) is 7.81. The molecule has 70 valence electrons. The highest BCUT2D eigenvalue weighted by molar-refractivity contribution is 5.79. The van der Waals surface area contributed by atoms with Gasteiger partial charge in [-0.3, -0.25) is 5.41 Å². The van der Waals surface area contributed by atoms with Gasteiger partial charge in [0.2, 0.25) is 0 Å². The normalized spacial score (nSPS) is 18.4. The molecule has 1 heterocycles. The lowest BCUT2D eigenvalue weighted by Gasteiger charge is -2.28. The van der Waals surface area contributed by atoms with E-state index in [4.69, 9.17) is 10.1 Å². The van der Waals surface area contributed by atoms with Gasteiger partial charge in [-0.15, -0.1) is 0 Å². The third kappa shape index (κ3) is 2.81. The molecule has 1 aliphatic heterocycles. The second-order valence-electron chi connectivity index (χ2n) is 3.09. The van der Waals surface area contributed by atoms with E-state index in [2.05, 4.69) is 4.90 Å². The lowest BCUT2D eigenvalue weighted by Crippen LogP contribution is -2.37. The number of rotatable bonds is 4. The van der Waals surface area contributed by atoms with Crippen molar-refractivity contribution in [2.75, 3.05) is 26.3 Å². The van der Waals surface area contributed by atoms with E-state index >= 15 is 0 Å². The molecule has 3 nitrogen and oxygen atoms in total. The van der Waals surface area contributed by atoms with E-state index in [1.54, 1.807) is 0 Å². The SMILES string of the molecule is CCOCCN1CCCCC1=N. The minimum atomic E-state index is 0.763. The van der Waals surface area contributed by atoms with Crippen LogP contribution in [0.4, 0.5) is 0 Å². The summed E-state index contributed by atoms with van der Waals surface area (Å²) in [6.45, 7) is 5.49. The van der Waals surface area contributed by atoms with Crippen LogP contribution >= 0.6 is 0 Å². The van der Waals surface area contributed by atoms with Gasteiger partial charge in [-0.2, -0.15) is 0 Å². The van der Waals surface area contributed by atoms with Gasteiger partial charge in [0.05, 0.1) is 12.4 Å². The topological polar surface area (TPSA) is 36.3 Å². The molecule has 0 saturated carbocycles. The molecule has 1 aliphatic rings. The predicted molar refractivity (Wildman–Crippen MR) is 49.6 cm³/mol. The van der Waals surface area contributed by atoms with E-state index in [-0.39, 0.29) is 0 Å². The van der Waals surface area contributed by atoms with E-state index in [9.17, 15) is 0 Å². The monoisotopic (exact) mass is 170 g/mol. The van der Waals surface area contributed by atoms with Gasteiger partial charge in [-0.25, -0.2) is 0 Å². The van der Waals surface area contributed by atoms with Gasteiger partial charge in [0.1, 0.15) is 0 Å². The summed E-state index contributed by atoms with van der Waals surface area (Å²) in [7, 11) is 0. The second kappa shape index (κ2) is 5.14. The first kappa shape index (κ1) is 9.52. The number of hydrogen-bond donors (Lipinski definition) is 1. The van der Waals surface area contributed by atoms with Crippen LogP contribution in [0.2, 0.25) is 0 Å². The number of likely N-dealkylation sites (tertiary alicyclic amines) is 1. The third-order valence-electron chi connectivity index (χ3n) is 2.18. The summed E-state index contributed by atoms with van der Waals surface area (Å²) < 4.78 is 5.25. The maximum absolute atomic E-state index is 7.65. The molecule has 0 atom stereocenters. The van der Waals surface area contributed by atoms with Crippen LogP contribution in [0.5, 0.6) is 0 Å². The van der Waals surface area contributed by atoms with E-state index < -0.39 is 0 Å². The Morgan fingerprint density at radius 1 is 1.50 bits per heavy atom. The largest absolute Gasteiger partial charge is 0.380 e. The Balaban J connectivity index is 2.16. The van der Waals surface area contributed by atoms with Crippen LogP contribution in [0, 0.1) is 5.41 Å². The van der Waals surface area contributed by atoms with Crippen molar-refractivity contribution in [3.05, 3.63) is 0 Å². The molecule has 0 aromatic rings. The molecule has 12 heavy (non-hydrogen) atoms. The van der Waals surface area contributed by atoms with Crippen molar-refractivity contribution in [3.63, 3.8) is 0 Å². The maximum atomic E-state index is 7.65. The minimum absolute atomic E-state index is 0.763. The summed E-state index contributed by atoms with van der Waals surface area (Å²) in [5.74, 6) is 0.793. The molecule has 0 aromatic heterocycles. The zero-order valence-corrected chi connectivity index (χ0v) is 7.81. The van der Waals surface area contributed by atoms with Crippen molar-refractivity contribution < 1.29 is 4.74 Å². The summed E-state index contributed by atoms with van der Waals surface area (Å²) in [5.41, 5.74) is 0. The molecule has 0 aliphatic carbocycles. The smallest absolute Gasteiger partial charge is 0.0958 e. The maximum Gasteiger partial charge on any atom is 0.0958 e. The van der Waals surface area contributed by atoms with E-state index in [1.807, 2.05) is 6.92 Å². The lowest BCUT2D eigenvalue weighted by atomic mass is 10.1. The van der Waals surface area contributed by atoms with Crippen LogP contribution in [0.3, 0.4) is 0 Å². The highest BCUT2D eigenvalue weighted by Crippen LogP contribution is 2.09. The average Bonchev–Trinajstić information content (AvgIpc) is 2.09. The van der Waals surface area contributed by atoms with Crippen LogP contribution in [0.1, 0.15) is 26.2 Å². The van der Waals surface area contributed by atoms with Gasteiger partial charge in [0.15, 0.2) is 0 Å². The zero-order chi connectivity index (χ0) is 8.81. The molecule has 0 amide bonds. The Kier molecular flexibility index (Phi) is 4.08. The van der Waals surface area contributed by atoms with Crippen LogP contribution in [0.15, 0.2) is 0 Å². The molecular formula is C9H18N2O. The minimum Gasteiger partial charge on any atom is -0.380 e. The van der Waals surface area contributed by atoms with Gasteiger partial charge < -0.3 is 9.64 Å². The number of nitrogens with one attached hydrogen (secondary N) is 1. The quantitative estimate of drug-likeness (QED) is 0.649. The lowest BCUT2D eigenvalue weighted by molar-refractivity contribution is 0.129. The Morgan fingerprint density at radius 2 is 2.33 bits per heavy atom. The van der Waals surface area contributed by atoms with E-state index in [1.165, 1.54) is 12.8 Å². The van der Waals surface area contributed by atoms with Crippen molar-refractivity contribution >= 4 is 5.84 Å². The van der Waals surface area contributed by atoms with Gasteiger partial charge in [-0.1, -0.05) is 0 Å². The van der Waals surface area contributed by atoms with Crippen molar-refractivity contribution in [2.24, 2.45) is 0 Å². The summed E-state index contributed by atoms with van der Waals surface area (Å²) in [6, 6.07) is 0. The summed E-state index contributed by atoms with van der Waals surface area (Å²) in [4.78, 5) is 2.12. The molecule has 1 saturated heterocycles. The molecule has 3 heteroatoms. The fourth-order valence-corrected chi connectivity index (χ4v) is 1.45. The first-order chi connectivity index (χ1) is 5.84. The fraction of sp³-hybridized carbons (Fsp3) is 0.889. The molecule has 0 aromatic carbocycles. The van der Waals surface area contributed by atoms with Crippen molar-refractivity contribution in [3.8, 4) is 0 Å². The number of amidine groups is 1. The van der Waals surface area contributed by atoms with Gasteiger partial charge in [0.25, 0.3) is 0 Å². The van der Waals surface area contributed by atoms with Crippen molar-refractivity contribution in [2.45, 2.75) is 26.2 Å². The summed E-state index contributed by atoms with van der Waals surface area (Å²) >= 11 is 0. The van der Waals surface area contributed by atoms with Crippen LogP contribution in [-0.4, -0.2) is 37.0 Å². The Bertz CT molecular complexity index is 147. The molecule has 1 rings (SSSR count). The fourth-order valence-electron chi connectivity index (χ4n) is 1.45. The Labute approximate surface area is 74.2 Å². The summed E-state index contributed by atoms with van der Waals surface area (Å²) in [5, 5.41) is 7.65. The standard InChI is InChI=1S/C9H18N2O/c1-2-12-8-7-11-6-4-3-5-9(11)10/h10H,2-8H2,1H3. The Morgan fingerprint density at radius 3 is 3.00 bits per heavy atom. The number of hydrogen-bond acceptors (Lipinski definition) is 2. The van der Waals surface area contributed by atoms with E-state index in [0.29, 0.717) is 0 Å². The van der Waals surface area contributed by atoms with Crippen molar-refractivity contribution in [1.82, 2.24) is 4.90 Å². The molecular weight excluding hydrogens is 152 g/mol. The first-order valence-corrected chi connectivity index (χ1v) is 4.74. The Hall–Kier alpha value is -0.570. The molecule has 0 spiro atoms. The highest BCUT2D eigenvalue weighted by Gasteiger charge is 2.13. The van der Waals surface area contributed by atoms with Gasteiger partial charge in [-0.05, 0) is 19.8 Å². The first-order valence-electron chi connectivity index (χ1n) is 4.74. The number of nitrogens with zero attached hydrogens (tertiary/aromatic N) is 1. The highest BCUT2D eigenvalue weighted by atomic mass is 16.5. The predicted octanol–water partition coefficient (Wildman–Crippen LogP) is 1.49. The average molecular weight is 170 g/mol. The number of piperidine rings is 1. The number of ether oxygens (including phenoxy) is 1. The molecule has 1 fully saturated rings. The summed E-state index contributed by atoms with van der Waals surface area (Å²) in [6.07, 6.45) is 3.37. The third-order valence-corrected chi connectivity index (χ3v) is 2.18. The van der Waals surface area contributed by atoms with E-state index in [0.717, 1.165) is 38.6 Å². The second-order valence-corrected chi connectivity index (χ2v) is 3.09. The van der Waals surface area contributed by atoms with Gasteiger partial charge >= 0.3 is 0 Å². The van der Waals surface area contributed by atoms with Gasteiger partial charge in [0, 0.05) is 26.1 Å². The van der Waals surface area contributed by atoms with Crippen molar-refractivity contribution in [1.29, 1.82) is 5.41 Å². The molecule has 1 N–H and O–H groups in total.